The lowest BCUT2D eigenvalue weighted by molar-refractivity contribution is -0.0251. The molecule has 3 nitrogen and oxygen atoms in total. The Hall–Kier alpha value is -1.91. The van der Waals surface area contributed by atoms with E-state index >= 15 is 0 Å². The minimum atomic E-state index is -0.683. The van der Waals surface area contributed by atoms with Gasteiger partial charge in [-0.15, -0.1) is 0 Å². The average molecular weight is 288 g/mol. The fraction of sp³-hybridized carbons (Fsp3) is 0.294. The Balaban J connectivity index is 1.47. The zero-order chi connectivity index (χ0) is 14.7. The molecule has 1 N–H and O–H groups in total. The van der Waals surface area contributed by atoms with Gasteiger partial charge in [-0.1, -0.05) is 30.3 Å². The average Bonchev–Trinajstić information content (AvgIpc) is 2.93. The minimum Gasteiger partial charge on any atom is -0.487 e. The van der Waals surface area contributed by atoms with Crippen molar-refractivity contribution in [2.75, 3.05) is 6.61 Å². The second-order valence-electron chi connectivity index (χ2n) is 5.18. The summed E-state index contributed by atoms with van der Waals surface area (Å²) in [7, 11) is 0. The molecule has 4 heteroatoms. The number of halogens is 1. The van der Waals surface area contributed by atoms with Gasteiger partial charge in [-0.25, -0.2) is 4.39 Å². The Morgan fingerprint density at radius 2 is 1.95 bits per heavy atom. The molecule has 2 unspecified atom stereocenters. The quantitative estimate of drug-likeness (QED) is 0.919. The molecule has 2 atom stereocenters. The van der Waals surface area contributed by atoms with Gasteiger partial charge in [0.05, 0.1) is 13.2 Å². The van der Waals surface area contributed by atoms with Crippen LogP contribution < -0.4 is 4.74 Å². The monoisotopic (exact) mass is 288 g/mol. The van der Waals surface area contributed by atoms with Crippen molar-refractivity contribution in [3.63, 3.8) is 0 Å². The van der Waals surface area contributed by atoms with Gasteiger partial charge < -0.3 is 14.6 Å². The summed E-state index contributed by atoms with van der Waals surface area (Å²) in [5.74, 6) is 0.566. The van der Waals surface area contributed by atoms with Gasteiger partial charge in [-0.3, -0.25) is 0 Å². The number of aliphatic hydroxyl groups is 1. The number of fused-ring (bicyclic) bond motifs is 1. The number of para-hydroxylation sites is 1. The van der Waals surface area contributed by atoms with Crippen LogP contribution in [0, 0.1) is 5.82 Å². The molecule has 2 aromatic rings. The smallest absolute Gasteiger partial charge is 0.131 e. The molecule has 110 valence electrons. The third kappa shape index (κ3) is 3.40. The van der Waals surface area contributed by atoms with E-state index in [0.29, 0.717) is 13.0 Å². The van der Waals surface area contributed by atoms with Crippen LogP contribution in [0.4, 0.5) is 4.39 Å². The Morgan fingerprint density at radius 1 is 1.19 bits per heavy atom. The largest absolute Gasteiger partial charge is 0.487 e. The number of rotatable bonds is 5. The lowest BCUT2D eigenvalue weighted by Gasteiger charge is -2.18. The van der Waals surface area contributed by atoms with E-state index < -0.39 is 6.10 Å². The first-order chi connectivity index (χ1) is 10.2. The molecule has 0 saturated carbocycles. The Kier molecular flexibility index (Phi) is 4.18. The zero-order valence-electron chi connectivity index (χ0n) is 11.5. The van der Waals surface area contributed by atoms with E-state index in [9.17, 15) is 9.50 Å². The number of benzene rings is 2. The van der Waals surface area contributed by atoms with E-state index in [-0.39, 0.29) is 18.5 Å². The maximum absolute atomic E-state index is 12.8. The van der Waals surface area contributed by atoms with Crippen LogP contribution in [0.3, 0.4) is 0 Å². The van der Waals surface area contributed by atoms with Gasteiger partial charge in [0.15, 0.2) is 0 Å². The second-order valence-corrected chi connectivity index (χ2v) is 5.18. The predicted octanol–water partition coefficient (Wildman–Crippen LogP) is 2.71. The zero-order valence-corrected chi connectivity index (χ0v) is 11.5. The van der Waals surface area contributed by atoms with Crippen molar-refractivity contribution in [2.24, 2.45) is 0 Å². The summed E-state index contributed by atoms with van der Waals surface area (Å²) in [5.41, 5.74) is 1.99. The molecular formula is C17H17FO3. The van der Waals surface area contributed by atoms with E-state index in [0.717, 1.165) is 16.9 Å². The van der Waals surface area contributed by atoms with Gasteiger partial charge >= 0.3 is 0 Å². The molecule has 1 heterocycles. The predicted molar refractivity (Wildman–Crippen MR) is 76.6 cm³/mol. The van der Waals surface area contributed by atoms with Gasteiger partial charge in [0.25, 0.3) is 0 Å². The first-order valence-corrected chi connectivity index (χ1v) is 6.97. The van der Waals surface area contributed by atoms with Crippen LogP contribution in [0.2, 0.25) is 0 Å². The number of aliphatic hydroxyl groups excluding tert-OH is 1. The third-order valence-electron chi connectivity index (χ3n) is 3.57. The molecule has 3 rings (SSSR count). The summed E-state index contributed by atoms with van der Waals surface area (Å²) in [6.07, 6.45) is -0.259. The van der Waals surface area contributed by atoms with Crippen LogP contribution in [0.5, 0.6) is 5.75 Å². The summed E-state index contributed by atoms with van der Waals surface area (Å²) in [5, 5.41) is 10.1. The Labute approximate surface area is 122 Å². The fourth-order valence-corrected chi connectivity index (χ4v) is 2.41. The van der Waals surface area contributed by atoms with Gasteiger partial charge in [-0.05, 0) is 29.3 Å². The Morgan fingerprint density at radius 3 is 2.71 bits per heavy atom. The van der Waals surface area contributed by atoms with Crippen LogP contribution in [0.25, 0.3) is 0 Å². The Bertz CT molecular complexity index is 572. The van der Waals surface area contributed by atoms with Gasteiger partial charge in [0, 0.05) is 6.42 Å². The summed E-state index contributed by atoms with van der Waals surface area (Å²) < 4.78 is 24.0. The van der Waals surface area contributed by atoms with E-state index in [4.69, 9.17) is 9.47 Å². The highest BCUT2D eigenvalue weighted by Gasteiger charge is 2.28. The maximum atomic E-state index is 12.8. The van der Waals surface area contributed by atoms with Crippen LogP contribution in [-0.4, -0.2) is 23.9 Å². The molecule has 1 aliphatic rings. The SMILES string of the molecule is OC(COCc1ccc(F)cc1)C1Cc2ccccc2O1. The van der Waals surface area contributed by atoms with Crippen molar-refractivity contribution in [2.45, 2.75) is 25.2 Å². The van der Waals surface area contributed by atoms with E-state index in [2.05, 4.69) is 0 Å². The third-order valence-corrected chi connectivity index (χ3v) is 3.57. The van der Waals surface area contributed by atoms with Gasteiger partial charge in [0.1, 0.15) is 23.8 Å². The topological polar surface area (TPSA) is 38.7 Å². The standard InChI is InChI=1S/C17H17FO3/c18-14-7-5-12(6-8-14)10-20-11-15(19)17-9-13-3-1-2-4-16(13)21-17/h1-8,15,17,19H,9-11H2. The van der Waals surface area contributed by atoms with Crippen molar-refractivity contribution in [3.8, 4) is 5.75 Å². The highest BCUT2D eigenvalue weighted by Crippen LogP contribution is 2.29. The number of ether oxygens (including phenoxy) is 2. The van der Waals surface area contributed by atoms with Crippen molar-refractivity contribution < 1.29 is 19.0 Å². The maximum Gasteiger partial charge on any atom is 0.131 e. The number of hydrogen-bond donors (Lipinski definition) is 1. The second kappa shape index (κ2) is 6.24. The minimum absolute atomic E-state index is 0.191. The summed E-state index contributed by atoms with van der Waals surface area (Å²) in [6.45, 7) is 0.535. The van der Waals surface area contributed by atoms with E-state index in [1.54, 1.807) is 12.1 Å². The molecule has 2 aromatic carbocycles. The molecular weight excluding hydrogens is 271 g/mol. The first kappa shape index (κ1) is 14.0. The summed E-state index contributed by atoms with van der Waals surface area (Å²) >= 11 is 0. The van der Waals surface area contributed by atoms with Gasteiger partial charge in [0.2, 0.25) is 0 Å². The molecule has 0 aromatic heterocycles. The van der Waals surface area contributed by atoms with Crippen LogP contribution >= 0.6 is 0 Å². The normalized spacial score (nSPS) is 18.1. The number of hydrogen-bond acceptors (Lipinski definition) is 3. The highest BCUT2D eigenvalue weighted by atomic mass is 19.1. The summed E-state index contributed by atoms with van der Waals surface area (Å²) in [6, 6.07) is 13.9. The molecule has 0 amide bonds. The molecule has 0 fully saturated rings. The highest BCUT2D eigenvalue weighted by molar-refractivity contribution is 5.37. The lowest BCUT2D eigenvalue weighted by atomic mass is 10.1. The van der Waals surface area contributed by atoms with Crippen molar-refractivity contribution in [1.82, 2.24) is 0 Å². The van der Waals surface area contributed by atoms with E-state index in [1.165, 1.54) is 12.1 Å². The molecule has 1 aliphatic heterocycles. The van der Waals surface area contributed by atoms with Crippen LogP contribution in [-0.2, 0) is 17.8 Å². The van der Waals surface area contributed by atoms with Crippen LogP contribution in [0.1, 0.15) is 11.1 Å². The van der Waals surface area contributed by atoms with E-state index in [1.807, 2.05) is 24.3 Å². The fourth-order valence-electron chi connectivity index (χ4n) is 2.41. The van der Waals surface area contributed by atoms with Crippen molar-refractivity contribution >= 4 is 0 Å². The molecule has 0 spiro atoms. The molecule has 0 aliphatic carbocycles. The molecule has 21 heavy (non-hydrogen) atoms. The van der Waals surface area contributed by atoms with Crippen molar-refractivity contribution in [3.05, 3.63) is 65.5 Å². The molecule has 0 bridgehead atoms. The first-order valence-electron chi connectivity index (χ1n) is 6.97. The van der Waals surface area contributed by atoms with Crippen molar-refractivity contribution in [1.29, 1.82) is 0 Å². The van der Waals surface area contributed by atoms with Gasteiger partial charge in [-0.2, -0.15) is 0 Å². The molecule has 0 radical (unpaired) electrons. The van der Waals surface area contributed by atoms with Crippen LogP contribution in [0.15, 0.2) is 48.5 Å². The summed E-state index contributed by atoms with van der Waals surface area (Å²) in [4.78, 5) is 0. The lowest BCUT2D eigenvalue weighted by Crippen LogP contribution is -2.34. The molecule has 0 saturated heterocycles.